The van der Waals surface area contributed by atoms with Crippen LogP contribution in [0.25, 0.3) is 6.08 Å². The maximum absolute atomic E-state index is 11.7. The van der Waals surface area contributed by atoms with Gasteiger partial charge in [0.2, 0.25) is 5.79 Å². The van der Waals surface area contributed by atoms with Gasteiger partial charge in [-0.25, -0.2) is 4.79 Å². The van der Waals surface area contributed by atoms with Gasteiger partial charge in [0.15, 0.2) is 6.10 Å². The summed E-state index contributed by atoms with van der Waals surface area (Å²) in [5.41, 5.74) is 1.02. The van der Waals surface area contributed by atoms with Gasteiger partial charge in [0.25, 0.3) is 0 Å². The van der Waals surface area contributed by atoms with E-state index in [2.05, 4.69) is 0 Å². The van der Waals surface area contributed by atoms with Crippen LogP contribution in [0.4, 0.5) is 0 Å². The van der Waals surface area contributed by atoms with Crippen LogP contribution in [0.1, 0.15) is 32.8 Å². The number of ether oxygens (including phenoxy) is 5. The fourth-order valence-electron chi connectivity index (χ4n) is 2.45. The first kappa shape index (κ1) is 20.4. The first-order valence-corrected chi connectivity index (χ1v) is 8.96. The van der Waals surface area contributed by atoms with E-state index >= 15 is 0 Å². The molecule has 0 N–H and O–H groups in total. The fraction of sp³-hybridized carbons (Fsp3) is 0.550. The van der Waals surface area contributed by atoms with Crippen molar-refractivity contribution in [3.05, 3.63) is 35.9 Å². The molecule has 0 aliphatic carbocycles. The molecule has 26 heavy (non-hydrogen) atoms. The number of carbonyl (C=O) groups excluding carboxylic acids is 1. The second kappa shape index (κ2) is 10.3. The molecule has 6 heteroatoms. The van der Waals surface area contributed by atoms with Crippen LogP contribution >= 0.6 is 0 Å². The maximum Gasteiger partial charge on any atom is 0.338 e. The van der Waals surface area contributed by atoms with E-state index in [9.17, 15) is 4.79 Å². The molecule has 0 saturated carbocycles. The van der Waals surface area contributed by atoms with Gasteiger partial charge in [-0.1, -0.05) is 24.3 Å². The molecule has 0 unspecified atom stereocenters. The zero-order valence-corrected chi connectivity index (χ0v) is 15.7. The molecule has 0 spiro atoms. The molecule has 6 nitrogen and oxygen atoms in total. The highest BCUT2D eigenvalue weighted by Gasteiger charge is 2.40. The van der Waals surface area contributed by atoms with Crippen molar-refractivity contribution < 1.29 is 28.5 Å². The van der Waals surface area contributed by atoms with Gasteiger partial charge in [0.05, 0.1) is 19.8 Å². The van der Waals surface area contributed by atoms with Crippen LogP contribution < -0.4 is 4.74 Å². The third kappa shape index (κ3) is 7.15. The van der Waals surface area contributed by atoms with Gasteiger partial charge in [-0.3, -0.25) is 0 Å². The van der Waals surface area contributed by atoms with E-state index in [1.54, 1.807) is 13.8 Å². The highest BCUT2D eigenvalue weighted by Crippen LogP contribution is 2.25. The van der Waals surface area contributed by atoms with Crippen LogP contribution in [-0.4, -0.2) is 50.9 Å². The Kier molecular flexibility index (Phi) is 8.09. The predicted molar refractivity (Wildman–Crippen MR) is 97.9 cm³/mol. The third-order valence-electron chi connectivity index (χ3n) is 3.65. The lowest BCUT2D eigenvalue weighted by molar-refractivity contribution is -0.160. The molecule has 1 heterocycles. The van der Waals surface area contributed by atoms with Crippen LogP contribution in [0.5, 0.6) is 5.75 Å². The maximum atomic E-state index is 11.7. The van der Waals surface area contributed by atoms with Crippen LogP contribution in [0.15, 0.2) is 30.3 Å². The number of esters is 1. The van der Waals surface area contributed by atoms with Crippen molar-refractivity contribution in [2.24, 2.45) is 0 Å². The number of benzene rings is 1. The van der Waals surface area contributed by atoms with Crippen molar-refractivity contribution in [3.8, 4) is 5.75 Å². The lowest BCUT2D eigenvalue weighted by Gasteiger charge is -2.14. The monoisotopic (exact) mass is 364 g/mol. The van der Waals surface area contributed by atoms with E-state index in [1.807, 2.05) is 43.3 Å². The molecule has 1 aliphatic rings. The Morgan fingerprint density at radius 3 is 2.42 bits per heavy atom. The van der Waals surface area contributed by atoms with E-state index in [4.69, 9.17) is 23.7 Å². The number of cyclic esters (lactones) is 1. The zero-order chi connectivity index (χ0) is 18.8. The van der Waals surface area contributed by atoms with Crippen molar-refractivity contribution in [3.63, 3.8) is 0 Å². The molecule has 1 atom stereocenters. The molecule has 0 aromatic heterocycles. The summed E-state index contributed by atoms with van der Waals surface area (Å²) in [6.45, 7) is 8.35. The molecule has 1 fully saturated rings. The van der Waals surface area contributed by atoms with Crippen LogP contribution in [-0.2, 0) is 23.7 Å². The van der Waals surface area contributed by atoms with E-state index in [-0.39, 0.29) is 5.97 Å². The van der Waals surface area contributed by atoms with Crippen molar-refractivity contribution in [2.75, 3.05) is 33.0 Å². The summed E-state index contributed by atoms with van der Waals surface area (Å²) in [6.07, 6.45) is 3.81. The molecular formula is C20H28O6. The Labute approximate surface area is 155 Å². The molecule has 1 aliphatic heterocycles. The molecule has 1 aromatic rings. The Morgan fingerprint density at radius 2 is 1.77 bits per heavy atom. The summed E-state index contributed by atoms with van der Waals surface area (Å²) in [5, 5.41) is 0. The van der Waals surface area contributed by atoms with Gasteiger partial charge in [0, 0.05) is 26.9 Å². The van der Waals surface area contributed by atoms with Crippen LogP contribution in [0.3, 0.4) is 0 Å². The standard InChI is InChI=1S/C20H28O6/c1-4-22-12-13-23-14-15-24-17-10-8-16(9-11-17)6-5-7-18-19(21)26-20(2,3)25-18/h5-6,8-11,18H,4,7,12-15H2,1-3H3/b6-5+/t18-/m1/s1. The SMILES string of the molecule is CCOCCOCCOc1ccc(/C=C/C[C@H]2OC(C)(C)OC2=O)cc1. The first-order valence-electron chi connectivity index (χ1n) is 8.96. The molecule has 2 rings (SSSR count). The molecule has 0 radical (unpaired) electrons. The summed E-state index contributed by atoms with van der Waals surface area (Å²) in [5.74, 6) is -0.353. The average molecular weight is 364 g/mol. The Bertz CT molecular complexity index is 578. The lowest BCUT2D eigenvalue weighted by atomic mass is 10.1. The smallest absolute Gasteiger partial charge is 0.338 e. The van der Waals surface area contributed by atoms with Gasteiger partial charge < -0.3 is 23.7 Å². The Balaban J connectivity index is 1.66. The molecule has 1 saturated heterocycles. The highest BCUT2D eigenvalue weighted by atomic mass is 16.8. The summed E-state index contributed by atoms with van der Waals surface area (Å²) in [4.78, 5) is 11.7. The number of rotatable bonds is 11. The van der Waals surface area contributed by atoms with Gasteiger partial charge in [0.1, 0.15) is 12.4 Å². The number of hydrogen-bond acceptors (Lipinski definition) is 6. The Morgan fingerprint density at radius 1 is 1.08 bits per heavy atom. The van der Waals surface area contributed by atoms with E-state index in [0.29, 0.717) is 39.5 Å². The van der Waals surface area contributed by atoms with Gasteiger partial charge in [-0.2, -0.15) is 0 Å². The fourth-order valence-corrected chi connectivity index (χ4v) is 2.45. The second-order valence-electron chi connectivity index (χ2n) is 6.29. The molecular weight excluding hydrogens is 336 g/mol. The van der Waals surface area contributed by atoms with Crippen LogP contribution in [0.2, 0.25) is 0 Å². The van der Waals surface area contributed by atoms with Crippen LogP contribution in [0, 0.1) is 0 Å². The second-order valence-corrected chi connectivity index (χ2v) is 6.29. The zero-order valence-electron chi connectivity index (χ0n) is 15.7. The minimum Gasteiger partial charge on any atom is -0.491 e. The molecule has 0 amide bonds. The minimum absolute atomic E-state index is 0.313. The van der Waals surface area contributed by atoms with Crippen molar-refractivity contribution in [2.45, 2.75) is 39.1 Å². The molecule has 144 valence electrons. The van der Waals surface area contributed by atoms with E-state index < -0.39 is 11.9 Å². The van der Waals surface area contributed by atoms with Crippen molar-refractivity contribution in [1.82, 2.24) is 0 Å². The van der Waals surface area contributed by atoms with E-state index in [0.717, 1.165) is 11.3 Å². The third-order valence-corrected chi connectivity index (χ3v) is 3.65. The minimum atomic E-state index is -0.832. The largest absolute Gasteiger partial charge is 0.491 e. The predicted octanol–water partition coefficient (Wildman–Crippen LogP) is 3.20. The molecule has 0 bridgehead atoms. The Hall–Kier alpha value is -1.89. The number of carbonyl (C=O) groups is 1. The topological polar surface area (TPSA) is 63.2 Å². The van der Waals surface area contributed by atoms with Gasteiger partial charge >= 0.3 is 5.97 Å². The van der Waals surface area contributed by atoms with Gasteiger partial charge in [-0.05, 0) is 24.6 Å². The van der Waals surface area contributed by atoms with Crippen molar-refractivity contribution in [1.29, 1.82) is 0 Å². The number of hydrogen-bond donors (Lipinski definition) is 0. The molecule has 1 aromatic carbocycles. The summed E-state index contributed by atoms with van der Waals surface area (Å²) in [7, 11) is 0. The van der Waals surface area contributed by atoms with Crippen molar-refractivity contribution >= 4 is 12.0 Å². The normalized spacial score (nSPS) is 19.0. The first-order chi connectivity index (χ1) is 12.5. The average Bonchev–Trinajstić information content (AvgIpc) is 2.87. The highest BCUT2D eigenvalue weighted by molar-refractivity contribution is 5.77. The quantitative estimate of drug-likeness (QED) is 0.444. The summed E-state index contributed by atoms with van der Waals surface area (Å²) >= 11 is 0. The lowest BCUT2D eigenvalue weighted by Crippen LogP contribution is -2.21. The summed E-state index contributed by atoms with van der Waals surface area (Å²) in [6, 6.07) is 7.73. The van der Waals surface area contributed by atoms with Gasteiger partial charge in [-0.15, -0.1) is 0 Å². The summed E-state index contributed by atoms with van der Waals surface area (Å²) < 4.78 is 26.9. The van der Waals surface area contributed by atoms with E-state index in [1.165, 1.54) is 0 Å².